The van der Waals surface area contributed by atoms with Crippen LogP contribution in [-0.2, 0) is 24.2 Å². The predicted molar refractivity (Wildman–Crippen MR) is 94.5 cm³/mol. The van der Waals surface area contributed by atoms with E-state index < -0.39 is 0 Å². The van der Waals surface area contributed by atoms with Gasteiger partial charge in [0, 0.05) is 24.9 Å². The number of nitrogens with zero attached hydrogens (tertiary/aromatic N) is 3. The van der Waals surface area contributed by atoms with Crippen LogP contribution in [0.2, 0.25) is 0 Å². The van der Waals surface area contributed by atoms with Crippen LogP contribution in [0.3, 0.4) is 0 Å². The second-order valence-corrected chi connectivity index (χ2v) is 7.50. The van der Waals surface area contributed by atoms with Crippen molar-refractivity contribution in [3.63, 3.8) is 0 Å². The lowest BCUT2D eigenvalue weighted by molar-refractivity contribution is -0.132. The number of hydrogen-bond donors (Lipinski definition) is 1. The quantitative estimate of drug-likeness (QED) is 0.889. The fraction of sp³-hybridized carbons (Fsp3) is 0.588. The van der Waals surface area contributed by atoms with Crippen molar-refractivity contribution in [1.82, 2.24) is 14.5 Å². The summed E-state index contributed by atoms with van der Waals surface area (Å²) in [5.41, 5.74) is 1.13. The van der Waals surface area contributed by atoms with Gasteiger partial charge in [-0.15, -0.1) is 11.3 Å². The maximum Gasteiger partial charge on any atom is 0.262 e. The molecule has 2 aromatic heterocycles. The number of aliphatic hydroxyl groups excluding tert-OH is 1. The Balaban J connectivity index is 1.82. The summed E-state index contributed by atoms with van der Waals surface area (Å²) in [5.74, 6) is -0.0871. The average Bonchev–Trinajstić information content (AvgIpc) is 2.98. The monoisotopic (exact) mass is 349 g/mol. The van der Waals surface area contributed by atoms with E-state index in [2.05, 4.69) is 4.98 Å². The van der Waals surface area contributed by atoms with Crippen LogP contribution in [0.4, 0.5) is 0 Å². The van der Waals surface area contributed by atoms with E-state index in [1.807, 2.05) is 0 Å². The number of hydrogen-bond acceptors (Lipinski definition) is 5. The van der Waals surface area contributed by atoms with Gasteiger partial charge in [0.25, 0.3) is 5.56 Å². The minimum atomic E-state index is -0.223. The van der Waals surface area contributed by atoms with Crippen molar-refractivity contribution in [3.05, 3.63) is 27.1 Å². The molecule has 24 heavy (non-hydrogen) atoms. The summed E-state index contributed by atoms with van der Waals surface area (Å²) in [6, 6.07) is -0.223. The number of rotatable bonds is 5. The number of carbonyl (C=O) groups is 1. The van der Waals surface area contributed by atoms with Gasteiger partial charge in [0.2, 0.25) is 5.91 Å². The maximum atomic E-state index is 12.8. The van der Waals surface area contributed by atoms with E-state index in [-0.39, 0.29) is 30.5 Å². The molecule has 2 heterocycles. The Morgan fingerprint density at radius 3 is 2.96 bits per heavy atom. The van der Waals surface area contributed by atoms with E-state index in [1.165, 1.54) is 21.8 Å². The van der Waals surface area contributed by atoms with E-state index >= 15 is 0 Å². The highest BCUT2D eigenvalue weighted by Crippen LogP contribution is 2.33. The van der Waals surface area contributed by atoms with Gasteiger partial charge in [0.1, 0.15) is 4.83 Å². The highest BCUT2D eigenvalue weighted by atomic mass is 32.1. The zero-order valence-corrected chi connectivity index (χ0v) is 14.9. The number of amides is 1. The minimum absolute atomic E-state index is 0.0370. The van der Waals surface area contributed by atoms with Crippen LogP contribution in [0.15, 0.2) is 11.1 Å². The third kappa shape index (κ3) is 3.10. The molecule has 3 rings (SSSR count). The molecule has 0 spiro atoms. The number of fused-ring (bicyclic) bond motifs is 3. The molecule has 6 nitrogen and oxygen atoms in total. The van der Waals surface area contributed by atoms with Crippen LogP contribution in [0.1, 0.15) is 36.6 Å². The van der Waals surface area contributed by atoms with Crippen molar-refractivity contribution in [1.29, 1.82) is 0 Å². The first-order valence-electron chi connectivity index (χ1n) is 8.39. The Bertz CT molecular complexity index is 811. The highest BCUT2D eigenvalue weighted by molar-refractivity contribution is 7.18. The minimum Gasteiger partial charge on any atom is -0.394 e. The van der Waals surface area contributed by atoms with Gasteiger partial charge in [0.15, 0.2) is 0 Å². The molecule has 0 saturated carbocycles. The van der Waals surface area contributed by atoms with Crippen molar-refractivity contribution < 1.29 is 9.90 Å². The summed E-state index contributed by atoms with van der Waals surface area (Å²) in [6.07, 6.45) is 6.06. The summed E-state index contributed by atoms with van der Waals surface area (Å²) < 4.78 is 1.54. The third-order valence-corrected chi connectivity index (χ3v) is 6.03. The van der Waals surface area contributed by atoms with Gasteiger partial charge in [-0.05, 0) is 38.2 Å². The molecule has 1 aliphatic rings. The molecule has 1 N–H and O–H groups in total. The van der Waals surface area contributed by atoms with Crippen molar-refractivity contribution in [3.8, 4) is 0 Å². The van der Waals surface area contributed by atoms with Crippen LogP contribution in [-0.4, -0.2) is 45.2 Å². The molecular weight excluding hydrogens is 326 g/mol. The van der Waals surface area contributed by atoms with Crippen LogP contribution < -0.4 is 5.56 Å². The molecule has 0 saturated heterocycles. The second kappa shape index (κ2) is 7.03. The second-order valence-electron chi connectivity index (χ2n) is 6.42. The molecule has 1 aliphatic carbocycles. The van der Waals surface area contributed by atoms with Crippen LogP contribution in [0, 0.1) is 0 Å². The Hall–Kier alpha value is -1.73. The molecule has 1 atom stereocenters. The number of aromatic nitrogens is 2. The fourth-order valence-electron chi connectivity index (χ4n) is 3.10. The van der Waals surface area contributed by atoms with Crippen LogP contribution in [0.25, 0.3) is 10.2 Å². The number of likely N-dealkylation sites (N-methyl/N-ethyl adjacent to an activating group) is 1. The zero-order chi connectivity index (χ0) is 17.3. The molecule has 2 aromatic rings. The lowest BCUT2D eigenvalue weighted by Gasteiger charge is -2.23. The maximum absolute atomic E-state index is 12.8. The Kier molecular flexibility index (Phi) is 5.01. The van der Waals surface area contributed by atoms with Crippen molar-refractivity contribution in [2.75, 3.05) is 13.7 Å². The van der Waals surface area contributed by atoms with Gasteiger partial charge in [-0.1, -0.05) is 0 Å². The predicted octanol–water partition coefficient (Wildman–Crippen LogP) is 1.57. The zero-order valence-electron chi connectivity index (χ0n) is 14.1. The van der Waals surface area contributed by atoms with Gasteiger partial charge in [-0.2, -0.15) is 0 Å². The third-order valence-electron chi connectivity index (χ3n) is 4.83. The number of thiophene rings is 1. The summed E-state index contributed by atoms with van der Waals surface area (Å²) in [6.45, 7) is 2.03. The van der Waals surface area contributed by atoms with Gasteiger partial charge in [-0.3, -0.25) is 14.2 Å². The first-order chi connectivity index (χ1) is 11.5. The molecule has 130 valence electrons. The topological polar surface area (TPSA) is 75.4 Å². The van der Waals surface area contributed by atoms with E-state index in [0.29, 0.717) is 6.54 Å². The van der Waals surface area contributed by atoms with Crippen LogP contribution >= 0.6 is 11.3 Å². The smallest absolute Gasteiger partial charge is 0.262 e. The normalized spacial score (nSPS) is 15.3. The highest BCUT2D eigenvalue weighted by Gasteiger charge is 2.20. The summed E-state index contributed by atoms with van der Waals surface area (Å²) in [4.78, 5) is 33.0. The van der Waals surface area contributed by atoms with E-state index in [4.69, 9.17) is 5.11 Å². The number of aryl methyl sites for hydroxylation is 3. The standard InChI is InChI=1S/C17H23N3O3S/c1-11(9-21)19(2)14(22)7-8-20-10-18-16-15(17(20)23)12-5-3-4-6-13(12)24-16/h10-11,21H,3-9H2,1-2H3/t11-/m0/s1. The largest absolute Gasteiger partial charge is 0.394 e. The van der Waals surface area contributed by atoms with Crippen molar-refractivity contribution in [2.24, 2.45) is 0 Å². The molecule has 0 unspecified atom stereocenters. The van der Waals surface area contributed by atoms with Gasteiger partial charge in [-0.25, -0.2) is 4.98 Å². The fourth-order valence-corrected chi connectivity index (χ4v) is 4.32. The Morgan fingerprint density at radius 1 is 1.46 bits per heavy atom. The average molecular weight is 349 g/mol. The van der Waals surface area contributed by atoms with Crippen molar-refractivity contribution in [2.45, 2.75) is 51.6 Å². The summed E-state index contributed by atoms with van der Waals surface area (Å²) >= 11 is 1.63. The molecule has 0 aromatic carbocycles. The SMILES string of the molecule is C[C@@H](CO)N(C)C(=O)CCn1cnc2sc3c(c2c1=O)CCCC3. The van der Waals surface area contributed by atoms with Gasteiger partial charge < -0.3 is 10.0 Å². The molecule has 1 amide bonds. The molecule has 0 radical (unpaired) electrons. The summed E-state index contributed by atoms with van der Waals surface area (Å²) in [7, 11) is 1.67. The molecule has 0 aliphatic heterocycles. The summed E-state index contributed by atoms with van der Waals surface area (Å²) in [5, 5.41) is 9.88. The first kappa shape index (κ1) is 17.1. The lowest BCUT2D eigenvalue weighted by atomic mass is 9.97. The van der Waals surface area contributed by atoms with Crippen molar-refractivity contribution >= 4 is 27.5 Å². The molecule has 0 fully saturated rings. The van der Waals surface area contributed by atoms with E-state index in [1.54, 1.807) is 36.2 Å². The Labute approximate surface area is 144 Å². The first-order valence-corrected chi connectivity index (χ1v) is 9.20. The van der Waals surface area contributed by atoms with E-state index in [9.17, 15) is 9.59 Å². The van der Waals surface area contributed by atoms with Gasteiger partial charge >= 0.3 is 0 Å². The lowest BCUT2D eigenvalue weighted by Crippen LogP contribution is -2.38. The van der Waals surface area contributed by atoms with E-state index in [0.717, 1.165) is 29.5 Å². The Morgan fingerprint density at radius 2 is 2.21 bits per heavy atom. The van der Waals surface area contributed by atoms with Gasteiger partial charge in [0.05, 0.1) is 24.4 Å². The molecule has 0 bridgehead atoms. The van der Waals surface area contributed by atoms with Crippen LogP contribution in [0.5, 0.6) is 0 Å². The number of aliphatic hydroxyl groups is 1. The molecular formula is C17H23N3O3S. The number of carbonyl (C=O) groups excluding carboxylic acids is 1. The molecule has 7 heteroatoms.